The zero-order valence-corrected chi connectivity index (χ0v) is 35.8. The number of anilines is 3. The fourth-order valence-electron chi connectivity index (χ4n) is 9.61. The molecule has 1 heterocycles. The Bertz CT molecular complexity index is 3650. The molecule has 1 nitrogen and oxygen atoms in total. The minimum atomic E-state index is 1.09. The molecule has 0 aliphatic carbocycles. The smallest absolute Gasteiger partial charge is 0.0640 e. The summed E-state index contributed by atoms with van der Waals surface area (Å²) >= 11 is 1.87. The molecule has 0 unspecified atom stereocenters. The molecule has 0 saturated carbocycles. The molecular weight excluding hydrogens is 791 g/mol. The van der Waals surface area contributed by atoms with Gasteiger partial charge in [-0.15, -0.1) is 11.3 Å². The molecule has 12 rings (SSSR count). The SMILES string of the molecule is c1ccc(-c2ccc(-c3ccc(N(c4cc(-c5cc6ccccc6c6ccccc56)ccc4-c4ccccc4)c4cccc5c4sc4ccccc45)cc3)cc2-c2ccccc2)cc1. The molecule has 300 valence electrons. The molecule has 12 aromatic rings. The molecule has 0 bridgehead atoms. The maximum absolute atomic E-state index is 2.50. The highest BCUT2D eigenvalue weighted by Gasteiger charge is 2.23. The lowest BCUT2D eigenvalue weighted by Gasteiger charge is -2.29. The normalized spacial score (nSPS) is 11.4. The second kappa shape index (κ2) is 16.0. The number of thiophene rings is 1. The number of nitrogens with zero attached hydrogens (tertiary/aromatic N) is 1. The van der Waals surface area contributed by atoms with Gasteiger partial charge >= 0.3 is 0 Å². The Balaban J connectivity index is 1.08. The largest absolute Gasteiger partial charge is 0.308 e. The first-order chi connectivity index (χ1) is 31.7. The van der Waals surface area contributed by atoms with E-state index in [1.54, 1.807) is 0 Å². The molecule has 0 fully saturated rings. The van der Waals surface area contributed by atoms with E-state index in [0.717, 1.165) is 17.1 Å². The summed E-state index contributed by atoms with van der Waals surface area (Å²) in [4.78, 5) is 2.50. The van der Waals surface area contributed by atoms with E-state index in [2.05, 4.69) is 254 Å². The van der Waals surface area contributed by atoms with Crippen LogP contribution in [0.5, 0.6) is 0 Å². The maximum atomic E-state index is 2.50. The van der Waals surface area contributed by atoms with Gasteiger partial charge in [-0.3, -0.25) is 0 Å². The number of rotatable bonds is 8. The van der Waals surface area contributed by atoms with Gasteiger partial charge in [-0.25, -0.2) is 0 Å². The first-order valence-corrected chi connectivity index (χ1v) is 22.7. The Kier molecular flexibility index (Phi) is 9.43. The van der Waals surface area contributed by atoms with Gasteiger partial charge < -0.3 is 4.90 Å². The van der Waals surface area contributed by atoms with Gasteiger partial charge in [0.25, 0.3) is 0 Å². The molecule has 0 radical (unpaired) electrons. The number of fused-ring (bicyclic) bond motifs is 6. The molecule has 11 aromatic carbocycles. The van der Waals surface area contributed by atoms with Crippen LogP contribution in [-0.2, 0) is 0 Å². The molecule has 2 heteroatoms. The predicted molar refractivity (Wildman–Crippen MR) is 276 cm³/mol. The summed E-state index contributed by atoms with van der Waals surface area (Å²) in [6.45, 7) is 0. The lowest BCUT2D eigenvalue weighted by Crippen LogP contribution is -2.11. The molecule has 0 amide bonds. The van der Waals surface area contributed by atoms with E-state index < -0.39 is 0 Å². The van der Waals surface area contributed by atoms with Crippen molar-refractivity contribution in [2.24, 2.45) is 0 Å². The zero-order chi connectivity index (χ0) is 42.4. The first-order valence-electron chi connectivity index (χ1n) is 21.9. The Morgan fingerprint density at radius 1 is 0.266 bits per heavy atom. The molecule has 0 aliphatic heterocycles. The third-order valence-corrected chi connectivity index (χ3v) is 13.9. The van der Waals surface area contributed by atoms with Crippen molar-refractivity contribution in [2.75, 3.05) is 4.90 Å². The Morgan fingerprint density at radius 3 is 1.55 bits per heavy atom. The Hall–Kier alpha value is -8.04. The van der Waals surface area contributed by atoms with E-state index >= 15 is 0 Å². The molecule has 0 atom stereocenters. The lowest BCUT2D eigenvalue weighted by molar-refractivity contribution is 1.30. The highest BCUT2D eigenvalue weighted by Crippen LogP contribution is 2.49. The molecular formula is C62H41NS. The third-order valence-electron chi connectivity index (χ3n) is 12.7. The molecule has 64 heavy (non-hydrogen) atoms. The maximum Gasteiger partial charge on any atom is 0.0640 e. The van der Waals surface area contributed by atoms with E-state index in [1.807, 2.05) is 11.3 Å². The highest BCUT2D eigenvalue weighted by atomic mass is 32.1. The summed E-state index contributed by atoms with van der Waals surface area (Å²) in [5, 5.41) is 7.57. The average molecular weight is 832 g/mol. The van der Waals surface area contributed by atoms with Crippen molar-refractivity contribution in [2.45, 2.75) is 0 Å². The van der Waals surface area contributed by atoms with E-state index in [-0.39, 0.29) is 0 Å². The van der Waals surface area contributed by atoms with Crippen LogP contribution in [0.1, 0.15) is 0 Å². The van der Waals surface area contributed by atoms with Crippen LogP contribution in [-0.4, -0.2) is 0 Å². The molecule has 0 spiro atoms. The average Bonchev–Trinajstić information content (AvgIpc) is 3.77. The monoisotopic (exact) mass is 831 g/mol. The van der Waals surface area contributed by atoms with Crippen molar-refractivity contribution in [3.05, 3.63) is 249 Å². The van der Waals surface area contributed by atoms with Gasteiger partial charge in [-0.2, -0.15) is 0 Å². The summed E-state index contributed by atoms with van der Waals surface area (Å²) in [5.41, 5.74) is 15.3. The summed E-state index contributed by atoms with van der Waals surface area (Å²) < 4.78 is 2.55. The van der Waals surface area contributed by atoms with E-state index in [1.165, 1.54) is 97.4 Å². The number of hydrogen-bond acceptors (Lipinski definition) is 2. The topological polar surface area (TPSA) is 3.24 Å². The second-order valence-electron chi connectivity index (χ2n) is 16.4. The predicted octanol–water partition coefficient (Wildman–Crippen LogP) is 18.2. The van der Waals surface area contributed by atoms with Gasteiger partial charge in [0.15, 0.2) is 0 Å². The van der Waals surface area contributed by atoms with Gasteiger partial charge in [0, 0.05) is 26.7 Å². The van der Waals surface area contributed by atoms with Crippen LogP contribution >= 0.6 is 11.3 Å². The summed E-state index contributed by atoms with van der Waals surface area (Å²) in [7, 11) is 0. The van der Waals surface area contributed by atoms with Gasteiger partial charge in [0.05, 0.1) is 16.1 Å². The fraction of sp³-hybridized carbons (Fsp3) is 0. The Morgan fingerprint density at radius 2 is 0.812 bits per heavy atom. The van der Waals surface area contributed by atoms with Crippen molar-refractivity contribution in [3.8, 4) is 55.6 Å². The molecule has 0 saturated heterocycles. The van der Waals surface area contributed by atoms with Crippen molar-refractivity contribution < 1.29 is 0 Å². The third kappa shape index (κ3) is 6.64. The lowest BCUT2D eigenvalue weighted by atomic mass is 9.91. The molecule has 0 N–H and O–H groups in total. The van der Waals surface area contributed by atoms with Crippen LogP contribution in [0.4, 0.5) is 17.1 Å². The van der Waals surface area contributed by atoms with Gasteiger partial charge in [-0.1, -0.05) is 206 Å². The second-order valence-corrected chi connectivity index (χ2v) is 17.5. The Labute approximate surface area is 377 Å². The minimum Gasteiger partial charge on any atom is -0.308 e. The van der Waals surface area contributed by atoms with Crippen LogP contribution in [0.2, 0.25) is 0 Å². The minimum absolute atomic E-state index is 1.09. The first kappa shape index (κ1) is 37.7. The summed E-state index contributed by atoms with van der Waals surface area (Å²) in [6, 6.07) is 91.0. The standard InChI is InChI=1S/C62H41NS/c1-4-17-43(18-5-1)51-37-33-46(39-57(51)45-21-8-3-9-22-45)42-31-35-49(36-32-42)63(59-29-16-28-56-55-27-14-15-30-61(55)64-62(56)59)60-41-48(34-38-52(60)44-19-6-2-7-20-44)58-40-47-23-10-11-24-50(47)53-25-12-13-26-54(53)58/h1-41H. The summed E-state index contributed by atoms with van der Waals surface area (Å²) in [5.74, 6) is 0. The number of hydrogen-bond donors (Lipinski definition) is 0. The van der Waals surface area contributed by atoms with Crippen LogP contribution in [0.15, 0.2) is 249 Å². The van der Waals surface area contributed by atoms with E-state index in [4.69, 9.17) is 0 Å². The van der Waals surface area contributed by atoms with E-state index in [9.17, 15) is 0 Å². The van der Waals surface area contributed by atoms with Gasteiger partial charge in [0.1, 0.15) is 0 Å². The van der Waals surface area contributed by atoms with Gasteiger partial charge in [-0.05, 0) is 114 Å². The summed E-state index contributed by atoms with van der Waals surface area (Å²) in [6.07, 6.45) is 0. The van der Waals surface area contributed by atoms with Gasteiger partial charge in [0.2, 0.25) is 0 Å². The van der Waals surface area contributed by atoms with Crippen LogP contribution in [0, 0.1) is 0 Å². The van der Waals surface area contributed by atoms with Crippen molar-refractivity contribution in [1.82, 2.24) is 0 Å². The highest BCUT2D eigenvalue weighted by molar-refractivity contribution is 7.26. The quantitative estimate of drug-likeness (QED) is 0.138. The van der Waals surface area contributed by atoms with Crippen molar-refractivity contribution >= 4 is 70.1 Å². The van der Waals surface area contributed by atoms with Crippen LogP contribution in [0.25, 0.3) is 97.4 Å². The zero-order valence-electron chi connectivity index (χ0n) is 35.0. The van der Waals surface area contributed by atoms with Crippen molar-refractivity contribution in [1.29, 1.82) is 0 Å². The molecule has 0 aliphatic rings. The fourth-order valence-corrected chi connectivity index (χ4v) is 10.8. The van der Waals surface area contributed by atoms with Crippen LogP contribution in [0.3, 0.4) is 0 Å². The number of benzene rings is 11. The van der Waals surface area contributed by atoms with Crippen LogP contribution < -0.4 is 4.90 Å². The van der Waals surface area contributed by atoms with E-state index in [0.29, 0.717) is 0 Å². The molecule has 1 aromatic heterocycles. The van der Waals surface area contributed by atoms with Crippen molar-refractivity contribution in [3.63, 3.8) is 0 Å².